The number of hydrogen-bond donors (Lipinski definition) is 2. The summed E-state index contributed by atoms with van der Waals surface area (Å²) in [4.78, 5) is 27.4. The van der Waals surface area contributed by atoms with Gasteiger partial charge in [0.2, 0.25) is 5.91 Å². The Balaban J connectivity index is 1.36. The topological polar surface area (TPSA) is 66.9 Å². The van der Waals surface area contributed by atoms with E-state index in [4.69, 9.17) is 0 Å². The van der Waals surface area contributed by atoms with Gasteiger partial charge < -0.3 is 10.3 Å². The minimum atomic E-state index is -0.138. The van der Waals surface area contributed by atoms with Crippen molar-refractivity contribution in [3.63, 3.8) is 0 Å². The molecule has 1 unspecified atom stereocenters. The third-order valence-electron chi connectivity index (χ3n) is 5.44. The number of nitrogens with one attached hydrogen (secondary N) is 2. The number of hydrogen-bond acceptors (Lipinski definition) is 2. The average molecular weight is 363 g/mol. The number of carbonyl (C=O) groups is 1. The number of H-pyrrole nitrogens is 1. The van der Waals surface area contributed by atoms with E-state index in [2.05, 4.69) is 41.5 Å². The maximum absolute atomic E-state index is 12.5. The van der Waals surface area contributed by atoms with E-state index in [1.807, 2.05) is 24.3 Å². The first-order valence-corrected chi connectivity index (χ1v) is 9.62. The second kappa shape index (κ2) is 7.43. The maximum atomic E-state index is 12.5. The van der Waals surface area contributed by atoms with Gasteiger partial charge in [0, 0.05) is 19.5 Å². The molecule has 1 amide bonds. The SMILES string of the molecule is Cc1ccc(C(CC(=O)NCCn2c(=O)[nH]c3ccccc32)C2CC2)cc1. The molecule has 5 nitrogen and oxygen atoms in total. The number of rotatable bonds is 7. The lowest BCUT2D eigenvalue weighted by Crippen LogP contribution is -2.31. The fourth-order valence-corrected chi connectivity index (χ4v) is 3.78. The highest BCUT2D eigenvalue weighted by Gasteiger charge is 2.33. The second-order valence-corrected chi connectivity index (χ2v) is 7.51. The van der Waals surface area contributed by atoms with Crippen LogP contribution in [0.15, 0.2) is 53.3 Å². The van der Waals surface area contributed by atoms with Crippen molar-refractivity contribution in [3.05, 3.63) is 70.1 Å². The lowest BCUT2D eigenvalue weighted by molar-refractivity contribution is -0.121. The molecule has 5 heteroatoms. The molecule has 0 spiro atoms. The summed E-state index contributed by atoms with van der Waals surface area (Å²) in [6, 6.07) is 16.1. The van der Waals surface area contributed by atoms with E-state index in [-0.39, 0.29) is 11.6 Å². The number of aromatic amines is 1. The Morgan fingerprint density at radius 1 is 1.19 bits per heavy atom. The lowest BCUT2D eigenvalue weighted by Gasteiger charge is -2.17. The molecular weight excluding hydrogens is 338 g/mol. The summed E-state index contributed by atoms with van der Waals surface area (Å²) in [7, 11) is 0. The van der Waals surface area contributed by atoms with Crippen molar-refractivity contribution in [2.45, 2.75) is 38.6 Å². The highest BCUT2D eigenvalue weighted by Crippen LogP contribution is 2.44. The highest BCUT2D eigenvalue weighted by molar-refractivity contribution is 5.77. The predicted octanol–water partition coefficient (Wildman–Crippen LogP) is 3.34. The van der Waals surface area contributed by atoms with Crippen molar-refractivity contribution in [1.82, 2.24) is 14.9 Å². The zero-order valence-electron chi connectivity index (χ0n) is 15.6. The van der Waals surface area contributed by atoms with E-state index in [1.165, 1.54) is 24.0 Å². The van der Waals surface area contributed by atoms with Crippen LogP contribution in [0.1, 0.15) is 36.3 Å². The number of nitrogens with zero attached hydrogens (tertiary/aromatic N) is 1. The zero-order chi connectivity index (χ0) is 18.8. The second-order valence-electron chi connectivity index (χ2n) is 7.51. The molecule has 1 atom stereocenters. The van der Waals surface area contributed by atoms with Gasteiger partial charge in [-0.2, -0.15) is 0 Å². The van der Waals surface area contributed by atoms with Crippen LogP contribution in [0.4, 0.5) is 0 Å². The molecule has 1 aliphatic carbocycles. The maximum Gasteiger partial charge on any atom is 0.326 e. The molecule has 0 radical (unpaired) electrons. The van der Waals surface area contributed by atoms with Gasteiger partial charge in [0.25, 0.3) is 0 Å². The minimum Gasteiger partial charge on any atom is -0.354 e. The van der Waals surface area contributed by atoms with Crippen LogP contribution in [0, 0.1) is 12.8 Å². The van der Waals surface area contributed by atoms with Gasteiger partial charge in [-0.3, -0.25) is 9.36 Å². The van der Waals surface area contributed by atoms with Crippen molar-refractivity contribution < 1.29 is 4.79 Å². The summed E-state index contributed by atoms with van der Waals surface area (Å²) in [5.41, 5.74) is 4.04. The van der Waals surface area contributed by atoms with Gasteiger partial charge in [0.15, 0.2) is 0 Å². The first-order valence-electron chi connectivity index (χ1n) is 9.62. The van der Waals surface area contributed by atoms with E-state index < -0.39 is 0 Å². The van der Waals surface area contributed by atoms with Crippen LogP contribution in [-0.2, 0) is 11.3 Å². The smallest absolute Gasteiger partial charge is 0.326 e. The highest BCUT2D eigenvalue weighted by atomic mass is 16.2. The Labute approximate surface area is 158 Å². The summed E-state index contributed by atoms with van der Waals surface area (Å²) in [6.07, 6.45) is 2.92. The molecule has 1 aromatic heterocycles. The zero-order valence-corrected chi connectivity index (χ0v) is 15.6. The molecule has 1 saturated carbocycles. The van der Waals surface area contributed by atoms with Crippen LogP contribution in [0.3, 0.4) is 0 Å². The van der Waals surface area contributed by atoms with E-state index in [9.17, 15) is 9.59 Å². The van der Waals surface area contributed by atoms with Crippen molar-refractivity contribution in [2.75, 3.05) is 6.54 Å². The number of fused-ring (bicyclic) bond motifs is 1. The number of aryl methyl sites for hydroxylation is 1. The van der Waals surface area contributed by atoms with Crippen molar-refractivity contribution >= 4 is 16.9 Å². The van der Waals surface area contributed by atoms with E-state index in [0.29, 0.717) is 31.3 Å². The molecule has 0 saturated heterocycles. The van der Waals surface area contributed by atoms with Gasteiger partial charge in [-0.25, -0.2) is 4.79 Å². The summed E-state index contributed by atoms with van der Waals surface area (Å²) in [6.45, 7) is 2.99. The van der Waals surface area contributed by atoms with Gasteiger partial charge >= 0.3 is 5.69 Å². The van der Waals surface area contributed by atoms with Crippen molar-refractivity contribution in [1.29, 1.82) is 0 Å². The molecule has 27 heavy (non-hydrogen) atoms. The van der Waals surface area contributed by atoms with Crippen molar-refractivity contribution in [2.24, 2.45) is 5.92 Å². The summed E-state index contributed by atoms with van der Waals surface area (Å²) in [5.74, 6) is 0.969. The largest absolute Gasteiger partial charge is 0.354 e. The Morgan fingerprint density at radius 2 is 1.93 bits per heavy atom. The standard InChI is InChI=1S/C22H25N3O2/c1-15-6-8-16(9-7-15)18(17-10-11-17)14-21(26)23-12-13-25-20-5-3-2-4-19(20)24-22(25)27/h2-9,17-18H,10-14H2,1H3,(H,23,26)(H,24,27). The summed E-state index contributed by atoms with van der Waals surface area (Å²) < 4.78 is 1.67. The van der Waals surface area contributed by atoms with Crippen LogP contribution in [0.25, 0.3) is 11.0 Å². The predicted molar refractivity (Wildman–Crippen MR) is 107 cm³/mol. The van der Waals surface area contributed by atoms with Gasteiger partial charge in [0.1, 0.15) is 0 Å². The monoisotopic (exact) mass is 363 g/mol. The molecule has 140 valence electrons. The van der Waals surface area contributed by atoms with E-state index >= 15 is 0 Å². The normalized spacial score (nSPS) is 15.0. The van der Waals surface area contributed by atoms with Crippen LogP contribution in [0.2, 0.25) is 0 Å². The van der Waals surface area contributed by atoms with Crippen molar-refractivity contribution in [3.8, 4) is 0 Å². The van der Waals surface area contributed by atoms with Crippen LogP contribution < -0.4 is 11.0 Å². The van der Waals surface area contributed by atoms with E-state index in [0.717, 1.165) is 11.0 Å². The number of carbonyl (C=O) groups excluding carboxylic acids is 1. The third-order valence-corrected chi connectivity index (χ3v) is 5.44. The Bertz CT molecular complexity index is 996. The lowest BCUT2D eigenvalue weighted by atomic mass is 9.90. The van der Waals surface area contributed by atoms with Crippen LogP contribution >= 0.6 is 0 Å². The fourth-order valence-electron chi connectivity index (χ4n) is 3.78. The molecule has 1 fully saturated rings. The molecule has 0 aliphatic heterocycles. The fraction of sp³-hybridized carbons (Fsp3) is 0.364. The molecular formula is C22H25N3O2. The van der Waals surface area contributed by atoms with Gasteiger partial charge in [-0.05, 0) is 49.3 Å². The Hall–Kier alpha value is -2.82. The van der Waals surface area contributed by atoms with Gasteiger partial charge in [-0.15, -0.1) is 0 Å². The number of aromatic nitrogens is 2. The number of benzene rings is 2. The van der Waals surface area contributed by atoms with E-state index in [1.54, 1.807) is 4.57 Å². The molecule has 4 rings (SSSR count). The Morgan fingerprint density at radius 3 is 2.67 bits per heavy atom. The first kappa shape index (κ1) is 17.6. The van der Waals surface area contributed by atoms with Crippen LogP contribution in [-0.4, -0.2) is 22.0 Å². The minimum absolute atomic E-state index is 0.0559. The molecule has 1 aliphatic rings. The quantitative estimate of drug-likeness (QED) is 0.676. The first-order chi connectivity index (χ1) is 13.1. The summed E-state index contributed by atoms with van der Waals surface area (Å²) >= 11 is 0. The van der Waals surface area contributed by atoms with Gasteiger partial charge in [0.05, 0.1) is 11.0 Å². The third kappa shape index (κ3) is 3.97. The molecule has 2 aromatic carbocycles. The molecule has 1 heterocycles. The molecule has 3 aromatic rings. The molecule has 0 bridgehead atoms. The number of imidazole rings is 1. The number of para-hydroxylation sites is 2. The van der Waals surface area contributed by atoms with Crippen LogP contribution in [0.5, 0.6) is 0 Å². The molecule has 2 N–H and O–H groups in total. The Kier molecular flexibility index (Phi) is 4.84. The average Bonchev–Trinajstić information content (AvgIpc) is 3.45. The summed E-state index contributed by atoms with van der Waals surface area (Å²) in [5, 5.41) is 2.99. The number of amides is 1. The van der Waals surface area contributed by atoms with Gasteiger partial charge in [-0.1, -0.05) is 42.0 Å².